The van der Waals surface area contributed by atoms with Crippen molar-refractivity contribution in [2.75, 3.05) is 12.5 Å². The van der Waals surface area contributed by atoms with Crippen LogP contribution in [-0.4, -0.2) is 18.5 Å². The van der Waals surface area contributed by atoms with Gasteiger partial charge in [0.2, 0.25) is 5.88 Å². The van der Waals surface area contributed by atoms with Crippen molar-refractivity contribution in [3.05, 3.63) is 56.6 Å². The molecular formula is C16H13Cl3N2O3. The highest BCUT2D eigenvalue weighted by molar-refractivity contribution is 6.36. The maximum absolute atomic E-state index is 12.5. The number of nitriles is 1. The molecule has 0 amide bonds. The standard InChI is InChI=1S/C16H13Cl3N2O3/c1-2-23-16(22)14-11(6-17)24-15(21)8(7-20)12(14)13-9(18)4-3-5-10(13)19/h3-5,12H,2,6,21H2,1H3/t12-/m1/s1. The van der Waals surface area contributed by atoms with Gasteiger partial charge in [-0.2, -0.15) is 5.26 Å². The van der Waals surface area contributed by atoms with E-state index in [2.05, 4.69) is 0 Å². The zero-order valence-electron chi connectivity index (χ0n) is 12.6. The van der Waals surface area contributed by atoms with E-state index in [0.29, 0.717) is 5.56 Å². The third-order valence-electron chi connectivity index (χ3n) is 3.40. The second-order valence-corrected chi connectivity index (χ2v) is 5.83. The van der Waals surface area contributed by atoms with Gasteiger partial charge in [-0.1, -0.05) is 29.3 Å². The number of rotatable bonds is 4. The lowest BCUT2D eigenvalue weighted by atomic mass is 9.83. The summed E-state index contributed by atoms with van der Waals surface area (Å²) in [5.41, 5.74) is 6.27. The zero-order valence-corrected chi connectivity index (χ0v) is 14.9. The van der Waals surface area contributed by atoms with Crippen LogP contribution in [0.4, 0.5) is 0 Å². The van der Waals surface area contributed by atoms with Crippen LogP contribution in [0.15, 0.2) is 41.0 Å². The predicted molar refractivity (Wildman–Crippen MR) is 91.5 cm³/mol. The number of benzene rings is 1. The largest absolute Gasteiger partial charge is 0.463 e. The molecule has 0 saturated carbocycles. The lowest BCUT2D eigenvalue weighted by Gasteiger charge is -2.28. The van der Waals surface area contributed by atoms with Gasteiger partial charge in [-0.15, -0.1) is 11.6 Å². The maximum Gasteiger partial charge on any atom is 0.338 e. The first kappa shape index (κ1) is 18.5. The van der Waals surface area contributed by atoms with Crippen molar-refractivity contribution in [1.82, 2.24) is 0 Å². The molecule has 1 aromatic carbocycles. The molecule has 0 bridgehead atoms. The van der Waals surface area contributed by atoms with Crippen LogP contribution in [0.1, 0.15) is 18.4 Å². The summed E-state index contributed by atoms with van der Waals surface area (Å²) in [7, 11) is 0. The molecule has 2 N–H and O–H groups in total. The molecule has 1 atom stereocenters. The first-order chi connectivity index (χ1) is 11.5. The Kier molecular flexibility index (Phi) is 6.00. The minimum atomic E-state index is -0.919. The van der Waals surface area contributed by atoms with E-state index < -0.39 is 11.9 Å². The molecule has 126 valence electrons. The van der Waals surface area contributed by atoms with E-state index in [1.807, 2.05) is 6.07 Å². The van der Waals surface area contributed by atoms with Gasteiger partial charge in [0.05, 0.1) is 24.0 Å². The molecule has 0 aliphatic carbocycles. The topological polar surface area (TPSA) is 85.3 Å². The van der Waals surface area contributed by atoms with Gasteiger partial charge in [-0.25, -0.2) is 4.79 Å². The highest BCUT2D eigenvalue weighted by Gasteiger charge is 2.39. The lowest BCUT2D eigenvalue weighted by Crippen LogP contribution is -2.27. The normalized spacial score (nSPS) is 17.4. The molecule has 2 rings (SSSR count). The number of nitrogens with two attached hydrogens (primary N) is 1. The molecule has 0 spiro atoms. The fourth-order valence-corrected chi connectivity index (χ4v) is 3.24. The Morgan fingerprint density at radius 2 is 2.04 bits per heavy atom. The minimum absolute atomic E-state index is 0.0157. The highest BCUT2D eigenvalue weighted by Crippen LogP contribution is 2.45. The Morgan fingerprint density at radius 3 is 2.54 bits per heavy atom. The maximum atomic E-state index is 12.5. The second kappa shape index (κ2) is 7.80. The van der Waals surface area contributed by atoms with Gasteiger partial charge in [0.15, 0.2) is 0 Å². The number of hydrogen-bond donors (Lipinski definition) is 1. The van der Waals surface area contributed by atoms with Crippen LogP contribution in [-0.2, 0) is 14.3 Å². The minimum Gasteiger partial charge on any atom is -0.463 e. The summed E-state index contributed by atoms with van der Waals surface area (Å²) in [5, 5.41) is 10.1. The average molecular weight is 388 g/mol. The monoisotopic (exact) mass is 386 g/mol. The number of carbonyl (C=O) groups excluding carboxylic acids is 1. The number of halogens is 3. The number of allylic oxidation sites excluding steroid dienone is 2. The van der Waals surface area contributed by atoms with E-state index >= 15 is 0 Å². The summed E-state index contributed by atoms with van der Waals surface area (Å²) in [4.78, 5) is 12.5. The molecule has 1 heterocycles. The summed E-state index contributed by atoms with van der Waals surface area (Å²) in [6, 6.07) is 6.82. The van der Waals surface area contributed by atoms with E-state index in [9.17, 15) is 10.1 Å². The van der Waals surface area contributed by atoms with E-state index in [4.69, 9.17) is 50.0 Å². The molecule has 8 heteroatoms. The fraction of sp³-hybridized carbons (Fsp3) is 0.250. The molecule has 5 nitrogen and oxygen atoms in total. The predicted octanol–water partition coefficient (Wildman–Crippen LogP) is 3.86. The first-order valence-corrected chi connectivity index (χ1v) is 8.22. The van der Waals surface area contributed by atoms with Crippen LogP contribution < -0.4 is 5.73 Å². The quantitative estimate of drug-likeness (QED) is 0.626. The van der Waals surface area contributed by atoms with Crippen LogP contribution >= 0.6 is 34.8 Å². The van der Waals surface area contributed by atoms with Gasteiger partial charge in [-0.3, -0.25) is 0 Å². The Bertz CT molecular complexity index is 761. The van der Waals surface area contributed by atoms with Crippen LogP contribution in [0.25, 0.3) is 0 Å². The van der Waals surface area contributed by atoms with Crippen molar-refractivity contribution < 1.29 is 14.3 Å². The van der Waals surface area contributed by atoms with Crippen molar-refractivity contribution >= 4 is 40.8 Å². The molecule has 0 aromatic heterocycles. The number of hydrogen-bond acceptors (Lipinski definition) is 5. The summed E-state index contributed by atoms with van der Waals surface area (Å²) >= 11 is 18.4. The Balaban J connectivity index is 2.76. The SMILES string of the molecule is CCOC(=O)C1=C(CCl)OC(N)=C(C#N)[C@@H]1c1c(Cl)cccc1Cl. The average Bonchev–Trinajstić information content (AvgIpc) is 2.54. The van der Waals surface area contributed by atoms with Gasteiger partial charge >= 0.3 is 5.97 Å². The third-order valence-corrected chi connectivity index (χ3v) is 4.30. The summed E-state index contributed by atoms with van der Waals surface area (Å²) in [6.45, 7) is 1.80. The van der Waals surface area contributed by atoms with Gasteiger partial charge in [0.1, 0.15) is 17.4 Å². The molecule has 0 unspecified atom stereocenters. The molecule has 0 fully saturated rings. The van der Waals surface area contributed by atoms with Gasteiger partial charge in [0.25, 0.3) is 0 Å². The van der Waals surface area contributed by atoms with E-state index in [1.54, 1.807) is 25.1 Å². The van der Waals surface area contributed by atoms with Crippen molar-refractivity contribution in [1.29, 1.82) is 5.26 Å². The van der Waals surface area contributed by atoms with Gasteiger partial charge in [-0.05, 0) is 19.1 Å². The zero-order chi connectivity index (χ0) is 17.9. The molecule has 1 aliphatic rings. The van der Waals surface area contributed by atoms with E-state index in [-0.39, 0.29) is 45.3 Å². The highest BCUT2D eigenvalue weighted by atomic mass is 35.5. The lowest BCUT2D eigenvalue weighted by molar-refractivity contribution is -0.139. The van der Waals surface area contributed by atoms with Crippen molar-refractivity contribution in [2.24, 2.45) is 5.73 Å². The molecule has 0 radical (unpaired) electrons. The van der Waals surface area contributed by atoms with Crippen molar-refractivity contribution in [3.63, 3.8) is 0 Å². The smallest absolute Gasteiger partial charge is 0.338 e. The van der Waals surface area contributed by atoms with E-state index in [1.165, 1.54) is 0 Å². The summed E-state index contributed by atoms with van der Waals surface area (Å²) in [5.74, 6) is -1.77. The first-order valence-electron chi connectivity index (χ1n) is 6.93. The Labute approximate surface area is 154 Å². The molecule has 1 aliphatic heterocycles. The molecule has 0 saturated heterocycles. The van der Waals surface area contributed by atoms with Crippen LogP contribution in [0.5, 0.6) is 0 Å². The number of carbonyl (C=O) groups is 1. The van der Waals surface area contributed by atoms with Crippen LogP contribution in [0, 0.1) is 11.3 Å². The van der Waals surface area contributed by atoms with E-state index in [0.717, 1.165) is 0 Å². The van der Waals surface area contributed by atoms with Gasteiger partial charge in [0, 0.05) is 15.6 Å². The molecule has 1 aromatic rings. The third kappa shape index (κ3) is 3.32. The number of esters is 1. The van der Waals surface area contributed by atoms with Crippen molar-refractivity contribution in [3.8, 4) is 6.07 Å². The Morgan fingerprint density at radius 1 is 1.42 bits per heavy atom. The van der Waals surface area contributed by atoms with Crippen LogP contribution in [0.3, 0.4) is 0 Å². The Hall–Kier alpha value is -1.87. The summed E-state index contributed by atoms with van der Waals surface area (Å²) < 4.78 is 10.4. The molecular weight excluding hydrogens is 375 g/mol. The fourth-order valence-electron chi connectivity index (χ4n) is 2.42. The van der Waals surface area contributed by atoms with Crippen molar-refractivity contribution in [2.45, 2.75) is 12.8 Å². The number of ether oxygens (including phenoxy) is 2. The number of alkyl halides is 1. The summed E-state index contributed by atoms with van der Waals surface area (Å²) in [6.07, 6.45) is 0. The number of nitrogens with zero attached hydrogens (tertiary/aromatic N) is 1. The van der Waals surface area contributed by atoms with Gasteiger partial charge < -0.3 is 15.2 Å². The second-order valence-electron chi connectivity index (χ2n) is 4.75. The van der Waals surface area contributed by atoms with Crippen LogP contribution in [0.2, 0.25) is 10.0 Å². The molecule has 24 heavy (non-hydrogen) atoms.